The number of carbonyl (C=O) groups is 1. The molecular formula is C15H17N3O. The third-order valence-electron chi connectivity index (χ3n) is 2.58. The van der Waals surface area contributed by atoms with Crippen molar-refractivity contribution in [3.63, 3.8) is 0 Å². The van der Waals surface area contributed by atoms with Gasteiger partial charge in [-0.2, -0.15) is 0 Å². The molecule has 0 spiro atoms. The standard InChI is InChI=1S/C15H17N3O/c1-11(2)8-10-17-15(19)18-13-7-3-5-12-6-4-9-16-14(12)13/h3-11H,1-2H3,(H2,17,18,19)/b10-8+. The van der Waals surface area contributed by atoms with Gasteiger partial charge >= 0.3 is 6.03 Å². The summed E-state index contributed by atoms with van der Waals surface area (Å²) in [5.74, 6) is 0.402. The van der Waals surface area contributed by atoms with E-state index in [2.05, 4.69) is 15.6 Å². The Morgan fingerprint density at radius 2 is 2.05 bits per heavy atom. The molecule has 0 saturated heterocycles. The van der Waals surface area contributed by atoms with E-state index in [1.165, 1.54) is 0 Å². The van der Waals surface area contributed by atoms with Crippen molar-refractivity contribution in [1.29, 1.82) is 0 Å². The summed E-state index contributed by atoms with van der Waals surface area (Å²) in [7, 11) is 0. The Balaban J connectivity index is 2.11. The van der Waals surface area contributed by atoms with Crippen molar-refractivity contribution in [3.8, 4) is 0 Å². The fraction of sp³-hybridized carbons (Fsp3) is 0.200. The van der Waals surface area contributed by atoms with Crippen molar-refractivity contribution < 1.29 is 4.79 Å². The summed E-state index contributed by atoms with van der Waals surface area (Å²) in [6.45, 7) is 4.09. The number of aromatic nitrogens is 1. The summed E-state index contributed by atoms with van der Waals surface area (Å²) in [6, 6.07) is 9.26. The van der Waals surface area contributed by atoms with E-state index in [-0.39, 0.29) is 6.03 Å². The summed E-state index contributed by atoms with van der Waals surface area (Å²) < 4.78 is 0. The zero-order valence-electron chi connectivity index (χ0n) is 11.1. The van der Waals surface area contributed by atoms with Gasteiger partial charge in [-0.1, -0.05) is 38.1 Å². The number of hydrogen-bond donors (Lipinski definition) is 2. The molecule has 1 aromatic carbocycles. The summed E-state index contributed by atoms with van der Waals surface area (Å²) in [6.07, 6.45) is 5.28. The molecule has 2 rings (SSSR count). The molecular weight excluding hydrogens is 238 g/mol. The molecule has 0 unspecified atom stereocenters. The lowest BCUT2D eigenvalue weighted by Crippen LogP contribution is -2.24. The maximum atomic E-state index is 11.7. The Morgan fingerprint density at radius 1 is 1.26 bits per heavy atom. The van der Waals surface area contributed by atoms with Crippen LogP contribution in [0.2, 0.25) is 0 Å². The molecule has 0 aliphatic carbocycles. The number of hydrogen-bond acceptors (Lipinski definition) is 2. The first-order valence-electron chi connectivity index (χ1n) is 6.25. The van der Waals surface area contributed by atoms with Gasteiger partial charge in [-0.05, 0) is 18.1 Å². The number of urea groups is 1. The first-order valence-corrected chi connectivity index (χ1v) is 6.25. The van der Waals surface area contributed by atoms with Gasteiger partial charge in [-0.25, -0.2) is 4.79 Å². The number of carbonyl (C=O) groups excluding carboxylic acids is 1. The first-order chi connectivity index (χ1) is 9.16. The van der Waals surface area contributed by atoms with Crippen molar-refractivity contribution in [2.45, 2.75) is 13.8 Å². The van der Waals surface area contributed by atoms with Crippen LogP contribution in [0.4, 0.5) is 10.5 Å². The fourth-order valence-electron chi connectivity index (χ4n) is 1.68. The van der Waals surface area contributed by atoms with Crippen LogP contribution in [0.5, 0.6) is 0 Å². The van der Waals surface area contributed by atoms with Crippen LogP contribution >= 0.6 is 0 Å². The highest BCUT2D eigenvalue weighted by atomic mass is 16.2. The Morgan fingerprint density at radius 3 is 2.84 bits per heavy atom. The summed E-state index contributed by atoms with van der Waals surface area (Å²) in [4.78, 5) is 16.0. The summed E-state index contributed by atoms with van der Waals surface area (Å²) in [5, 5.41) is 6.46. The predicted octanol–water partition coefficient (Wildman–Crippen LogP) is 3.53. The molecule has 0 aliphatic rings. The highest BCUT2D eigenvalue weighted by Crippen LogP contribution is 2.20. The van der Waals surface area contributed by atoms with Gasteiger partial charge in [0.25, 0.3) is 0 Å². The molecule has 2 aromatic rings. The maximum absolute atomic E-state index is 11.7. The molecule has 0 aliphatic heterocycles. The van der Waals surface area contributed by atoms with Gasteiger partial charge in [0.1, 0.15) is 0 Å². The molecule has 1 heterocycles. The van der Waals surface area contributed by atoms with Crippen LogP contribution in [-0.2, 0) is 0 Å². The number of allylic oxidation sites excluding steroid dienone is 1. The normalized spacial score (nSPS) is 11.1. The van der Waals surface area contributed by atoms with E-state index in [1.54, 1.807) is 12.4 Å². The average Bonchev–Trinajstić information content (AvgIpc) is 2.39. The molecule has 0 saturated carbocycles. The van der Waals surface area contributed by atoms with Gasteiger partial charge in [-0.15, -0.1) is 0 Å². The maximum Gasteiger partial charge on any atom is 0.323 e. The van der Waals surface area contributed by atoms with Crippen molar-refractivity contribution >= 4 is 22.6 Å². The second-order valence-corrected chi connectivity index (χ2v) is 4.58. The van der Waals surface area contributed by atoms with Gasteiger partial charge < -0.3 is 10.6 Å². The van der Waals surface area contributed by atoms with Crippen LogP contribution in [0.3, 0.4) is 0 Å². The van der Waals surface area contributed by atoms with E-state index in [9.17, 15) is 4.79 Å². The van der Waals surface area contributed by atoms with E-state index < -0.39 is 0 Å². The third-order valence-corrected chi connectivity index (χ3v) is 2.58. The topological polar surface area (TPSA) is 54.0 Å². The van der Waals surface area contributed by atoms with E-state index >= 15 is 0 Å². The molecule has 4 heteroatoms. The Hall–Kier alpha value is -2.36. The number of fused-ring (bicyclic) bond motifs is 1. The average molecular weight is 255 g/mol. The van der Waals surface area contributed by atoms with Gasteiger partial charge in [0.15, 0.2) is 0 Å². The van der Waals surface area contributed by atoms with Crippen molar-refractivity contribution in [1.82, 2.24) is 10.3 Å². The second kappa shape index (κ2) is 6.00. The summed E-state index contributed by atoms with van der Waals surface area (Å²) >= 11 is 0. The van der Waals surface area contributed by atoms with Gasteiger partial charge in [-0.3, -0.25) is 4.98 Å². The van der Waals surface area contributed by atoms with Crippen LogP contribution in [-0.4, -0.2) is 11.0 Å². The van der Waals surface area contributed by atoms with Crippen LogP contribution < -0.4 is 10.6 Å². The third kappa shape index (κ3) is 3.55. The lowest BCUT2D eigenvalue weighted by Gasteiger charge is -2.07. The zero-order chi connectivity index (χ0) is 13.7. The minimum Gasteiger partial charge on any atom is -0.315 e. The largest absolute Gasteiger partial charge is 0.323 e. The van der Waals surface area contributed by atoms with Gasteiger partial charge in [0.2, 0.25) is 0 Å². The smallest absolute Gasteiger partial charge is 0.315 e. The fourth-order valence-corrected chi connectivity index (χ4v) is 1.68. The minimum absolute atomic E-state index is 0.268. The molecule has 0 atom stereocenters. The Labute approximate surface area is 112 Å². The second-order valence-electron chi connectivity index (χ2n) is 4.58. The highest BCUT2D eigenvalue weighted by molar-refractivity contribution is 5.99. The Bertz CT molecular complexity index is 600. The SMILES string of the molecule is CC(C)/C=C/NC(=O)Nc1cccc2cccnc12. The minimum atomic E-state index is -0.268. The number of pyridine rings is 1. The molecule has 0 radical (unpaired) electrons. The molecule has 0 bridgehead atoms. The molecule has 0 fully saturated rings. The van der Waals surface area contributed by atoms with Crippen LogP contribution in [0.15, 0.2) is 48.8 Å². The molecule has 1 aromatic heterocycles. The van der Waals surface area contributed by atoms with E-state index in [0.29, 0.717) is 11.6 Å². The number of nitrogens with one attached hydrogen (secondary N) is 2. The number of anilines is 1. The lowest BCUT2D eigenvalue weighted by atomic mass is 10.2. The van der Waals surface area contributed by atoms with Gasteiger partial charge in [0, 0.05) is 17.8 Å². The number of para-hydroxylation sites is 1. The Kier molecular flexibility index (Phi) is 4.13. The number of nitrogens with zero attached hydrogens (tertiary/aromatic N) is 1. The molecule has 19 heavy (non-hydrogen) atoms. The molecule has 2 N–H and O–H groups in total. The monoisotopic (exact) mass is 255 g/mol. The zero-order valence-corrected chi connectivity index (χ0v) is 11.1. The first kappa shape index (κ1) is 13.1. The molecule has 2 amide bonds. The number of benzene rings is 1. The van der Waals surface area contributed by atoms with Crippen molar-refractivity contribution in [2.24, 2.45) is 5.92 Å². The highest BCUT2D eigenvalue weighted by Gasteiger charge is 2.04. The quantitative estimate of drug-likeness (QED) is 0.881. The number of amides is 2. The van der Waals surface area contributed by atoms with E-state index in [4.69, 9.17) is 0 Å². The van der Waals surface area contributed by atoms with Crippen molar-refractivity contribution in [2.75, 3.05) is 5.32 Å². The molecule has 98 valence electrons. The predicted molar refractivity (Wildman–Crippen MR) is 77.9 cm³/mol. The van der Waals surface area contributed by atoms with Crippen LogP contribution in [0.1, 0.15) is 13.8 Å². The van der Waals surface area contributed by atoms with Crippen molar-refractivity contribution in [3.05, 3.63) is 48.8 Å². The number of rotatable bonds is 3. The van der Waals surface area contributed by atoms with Gasteiger partial charge in [0.05, 0.1) is 11.2 Å². The van der Waals surface area contributed by atoms with E-state index in [1.807, 2.05) is 50.3 Å². The lowest BCUT2D eigenvalue weighted by molar-refractivity contribution is 0.255. The van der Waals surface area contributed by atoms with E-state index in [0.717, 1.165) is 10.9 Å². The summed E-state index contributed by atoms with van der Waals surface area (Å²) in [5.41, 5.74) is 1.49. The molecule has 4 nitrogen and oxygen atoms in total. The van der Waals surface area contributed by atoms with Crippen LogP contribution in [0.25, 0.3) is 10.9 Å². The van der Waals surface area contributed by atoms with Crippen LogP contribution in [0, 0.1) is 5.92 Å².